The normalized spacial score (nSPS) is 20.6. The lowest BCUT2D eigenvalue weighted by Gasteiger charge is -2.29. The van der Waals surface area contributed by atoms with Gasteiger partial charge in [-0.3, -0.25) is 9.59 Å². The Hall–Kier alpha value is -2.77. The van der Waals surface area contributed by atoms with Crippen molar-refractivity contribution in [3.63, 3.8) is 0 Å². The summed E-state index contributed by atoms with van der Waals surface area (Å²) in [6.45, 7) is 5.45. The molecule has 1 aliphatic carbocycles. The summed E-state index contributed by atoms with van der Waals surface area (Å²) in [4.78, 5) is 38.9. The largest absolute Gasteiger partial charge is 0.490 e. The third kappa shape index (κ3) is 7.37. The van der Waals surface area contributed by atoms with E-state index in [1.807, 2.05) is 11.8 Å². The van der Waals surface area contributed by atoms with Gasteiger partial charge in [0.2, 0.25) is 0 Å². The number of amides is 2. The Morgan fingerprint density at radius 3 is 2.45 bits per heavy atom. The van der Waals surface area contributed by atoms with Gasteiger partial charge < -0.3 is 24.4 Å². The molecule has 3 rings (SSSR count). The average Bonchev–Trinajstić information content (AvgIpc) is 2.83. The van der Waals surface area contributed by atoms with Gasteiger partial charge in [0, 0.05) is 19.1 Å². The number of likely N-dealkylation sites (tertiary alicyclic amines) is 1. The fourth-order valence-electron chi connectivity index (χ4n) is 4.39. The number of carbonyl (C=O) groups excluding carboxylic acids is 3. The van der Waals surface area contributed by atoms with E-state index in [4.69, 9.17) is 14.2 Å². The summed E-state index contributed by atoms with van der Waals surface area (Å²) in [5, 5.41) is 2.97. The second-order valence-electron chi connectivity index (χ2n) is 8.84. The molecule has 2 amide bonds. The number of benzene rings is 1. The van der Waals surface area contributed by atoms with Crippen LogP contribution in [-0.4, -0.2) is 61.6 Å². The van der Waals surface area contributed by atoms with Gasteiger partial charge >= 0.3 is 5.97 Å². The van der Waals surface area contributed by atoms with Gasteiger partial charge in [0.25, 0.3) is 11.8 Å². The zero-order valence-corrected chi connectivity index (χ0v) is 19.8. The lowest BCUT2D eigenvalue weighted by Crippen LogP contribution is -2.42. The fraction of sp³-hybridized carbons (Fsp3) is 0.640. The van der Waals surface area contributed by atoms with Crippen molar-refractivity contribution in [1.82, 2.24) is 10.2 Å². The SMILES string of the molecule is CCOc1cc(C(=O)OCC(=O)N[C@H]2CCCC[C@H]2C)ccc1OCC(=O)N1CCCCC1. The third-order valence-corrected chi connectivity index (χ3v) is 6.33. The van der Waals surface area contributed by atoms with E-state index in [-0.39, 0.29) is 36.6 Å². The second-order valence-corrected chi connectivity index (χ2v) is 8.84. The summed E-state index contributed by atoms with van der Waals surface area (Å²) in [5.74, 6) is 0.226. The number of esters is 1. The van der Waals surface area contributed by atoms with Crippen molar-refractivity contribution in [1.29, 1.82) is 0 Å². The molecule has 0 aromatic heterocycles. The van der Waals surface area contributed by atoms with Gasteiger partial charge in [-0.2, -0.15) is 0 Å². The summed E-state index contributed by atoms with van der Waals surface area (Å²) in [6, 6.07) is 4.80. The van der Waals surface area contributed by atoms with Crippen LogP contribution in [-0.2, 0) is 14.3 Å². The number of hydrogen-bond donors (Lipinski definition) is 1. The zero-order valence-electron chi connectivity index (χ0n) is 19.8. The molecule has 8 nitrogen and oxygen atoms in total. The minimum Gasteiger partial charge on any atom is -0.490 e. The first-order valence-electron chi connectivity index (χ1n) is 12.1. The van der Waals surface area contributed by atoms with Crippen molar-refractivity contribution in [2.45, 2.75) is 64.8 Å². The summed E-state index contributed by atoms with van der Waals surface area (Å²) in [7, 11) is 0. The van der Waals surface area contributed by atoms with Crippen LogP contribution in [0.3, 0.4) is 0 Å². The van der Waals surface area contributed by atoms with Crippen LogP contribution in [0.1, 0.15) is 69.2 Å². The number of nitrogens with one attached hydrogen (secondary N) is 1. The van der Waals surface area contributed by atoms with Gasteiger partial charge in [-0.15, -0.1) is 0 Å². The van der Waals surface area contributed by atoms with E-state index in [0.29, 0.717) is 24.0 Å². The lowest BCUT2D eigenvalue weighted by molar-refractivity contribution is -0.134. The van der Waals surface area contributed by atoms with E-state index in [2.05, 4.69) is 12.2 Å². The maximum Gasteiger partial charge on any atom is 0.338 e. The molecular formula is C25H36N2O6. The topological polar surface area (TPSA) is 94.2 Å². The molecule has 1 aromatic carbocycles. The molecule has 1 aromatic rings. The smallest absolute Gasteiger partial charge is 0.338 e. The monoisotopic (exact) mass is 460 g/mol. The minimum absolute atomic E-state index is 0.0565. The number of ether oxygens (including phenoxy) is 3. The van der Waals surface area contributed by atoms with E-state index in [0.717, 1.165) is 51.6 Å². The molecule has 1 N–H and O–H groups in total. The molecule has 8 heteroatoms. The quantitative estimate of drug-likeness (QED) is 0.568. The van der Waals surface area contributed by atoms with Crippen molar-refractivity contribution < 1.29 is 28.6 Å². The summed E-state index contributed by atoms with van der Waals surface area (Å²) in [5.41, 5.74) is 0.256. The predicted molar refractivity (Wildman–Crippen MR) is 123 cm³/mol. The van der Waals surface area contributed by atoms with Crippen LogP contribution in [0.4, 0.5) is 0 Å². The molecule has 0 radical (unpaired) electrons. The molecule has 33 heavy (non-hydrogen) atoms. The number of piperidine rings is 1. The van der Waals surface area contributed by atoms with Crippen molar-refractivity contribution in [2.75, 3.05) is 32.9 Å². The predicted octanol–water partition coefficient (Wildman–Crippen LogP) is 3.33. The van der Waals surface area contributed by atoms with Crippen LogP contribution in [0, 0.1) is 5.92 Å². The summed E-state index contributed by atoms with van der Waals surface area (Å²) in [6.07, 6.45) is 7.54. The molecule has 2 fully saturated rings. The first kappa shape index (κ1) is 24.9. The molecule has 1 heterocycles. The van der Waals surface area contributed by atoms with E-state index in [1.165, 1.54) is 12.5 Å². The van der Waals surface area contributed by atoms with Crippen LogP contribution < -0.4 is 14.8 Å². The maximum atomic E-state index is 12.5. The van der Waals surface area contributed by atoms with Crippen LogP contribution in [0.5, 0.6) is 11.5 Å². The Bertz CT molecular complexity index is 821. The van der Waals surface area contributed by atoms with Crippen LogP contribution >= 0.6 is 0 Å². The molecule has 0 bridgehead atoms. The fourth-order valence-corrected chi connectivity index (χ4v) is 4.39. The standard InChI is InChI=1S/C25H36N2O6/c1-3-31-22-15-19(11-12-21(22)32-17-24(29)27-13-7-4-8-14-27)25(30)33-16-23(28)26-20-10-6-5-9-18(20)2/h11-12,15,18,20H,3-10,13-14,16-17H2,1-2H3,(H,26,28)/t18-,20+/m1/s1. The molecule has 0 spiro atoms. The van der Waals surface area contributed by atoms with Gasteiger partial charge in [-0.05, 0) is 63.1 Å². The van der Waals surface area contributed by atoms with Gasteiger partial charge in [-0.25, -0.2) is 4.79 Å². The Kier molecular flexibility index (Phi) is 9.39. The highest BCUT2D eigenvalue weighted by molar-refractivity contribution is 5.92. The van der Waals surface area contributed by atoms with Crippen molar-refractivity contribution in [2.24, 2.45) is 5.92 Å². The Morgan fingerprint density at radius 2 is 1.73 bits per heavy atom. The Balaban J connectivity index is 1.53. The van der Waals surface area contributed by atoms with Crippen molar-refractivity contribution >= 4 is 17.8 Å². The summed E-state index contributed by atoms with van der Waals surface area (Å²) < 4.78 is 16.5. The molecule has 2 aliphatic rings. The zero-order chi connectivity index (χ0) is 23.6. The maximum absolute atomic E-state index is 12.5. The van der Waals surface area contributed by atoms with Gasteiger partial charge in [0.1, 0.15) is 0 Å². The van der Waals surface area contributed by atoms with Crippen LogP contribution in [0.15, 0.2) is 18.2 Å². The molecule has 2 atom stereocenters. The van der Waals surface area contributed by atoms with E-state index < -0.39 is 5.97 Å². The lowest BCUT2D eigenvalue weighted by atomic mass is 9.86. The highest BCUT2D eigenvalue weighted by Gasteiger charge is 2.23. The van der Waals surface area contributed by atoms with Crippen LogP contribution in [0.25, 0.3) is 0 Å². The minimum atomic E-state index is -0.612. The third-order valence-electron chi connectivity index (χ3n) is 6.33. The Labute approximate surface area is 195 Å². The number of nitrogens with zero attached hydrogens (tertiary/aromatic N) is 1. The molecule has 1 saturated carbocycles. The van der Waals surface area contributed by atoms with Crippen LogP contribution in [0.2, 0.25) is 0 Å². The van der Waals surface area contributed by atoms with Crippen molar-refractivity contribution in [3.05, 3.63) is 23.8 Å². The van der Waals surface area contributed by atoms with Gasteiger partial charge in [-0.1, -0.05) is 19.8 Å². The first-order valence-corrected chi connectivity index (χ1v) is 12.1. The van der Waals surface area contributed by atoms with E-state index in [1.54, 1.807) is 12.1 Å². The second kappa shape index (κ2) is 12.5. The van der Waals surface area contributed by atoms with Gasteiger partial charge in [0.05, 0.1) is 12.2 Å². The molecule has 1 saturated heterocycles. The molecular weight excluding hydrogens is 424 g/mol. The first-order chi connectivity index (χ1) is 16.0. The number of rotatable bonds is 9. The molecule has 0 unspecified atom stereocenters. The molecule has 182 valence electrons. The Morgan fingerprint density at radius 1 is 0.970 bits per heavy atom. The van der Waals surface area contributed by atoms with E-state index in [9.17, 15) is 14.4 Å². The highest BCUT2D eigenvalue weighted by atomic mass is 16.5. The summed E-state index contributed by atoms with van der Waals surface area (Å²) >= 11 is 0. The van der Waals surface area contributed by atoms with E-state index >= 15 is 0 Å². The highest BCUT2D eigenvalue weighted by Crippen LogP contribution is 2.29. The number of carbonyl (C=O) groups is 3. The van der Waals surface area contributed by atoms with Gasteiger partial charge in [0.15, 0.2) is 24.7 Å². The van der Waals surface area contributed by atoms with Crippen molar-refractivity contribution in [3.8, 4) is 11.5 Å². The number of hydrogen-bond acceptors (Lipinski definition) is 6. The average molecular weight is 461 g/mol. The molecule has 1 aliphatic heterocycles.